The first kappa shape index (κ1) is 11.3. The van der Waals surface area contributed by atoms with Gasteiger partial charge in [0.25, 0.3) is 5.91 Å². The minimum Gasteiger partial charge on any atom is -0.482 e. The summed E-state index contributed by atoms with van der Waals surface area (Å²) in [4.78, 5) is 25.0. The van der Waals surface area contributed by atoms with Crippen LogP contribution in [0.2, 0.25) is 0 Å². The number of rotatable bonds is 1. The second kappa shape index (κ2) is 4.12. The zero-order valence-electron chi connectivity index (χ0n) is 10.3. The van der Waals surface area contributed by atoms with Crippen LogP contribution in [0.3, 0.4) is 0 Å². The molecule has 0 bridgehead atoms. The molecule has 1 atom stereocenters. The molecule has 4 heteroatoms. The topological polar surface area (TPSA) is 46.6 Å². The Morgan fingerprint density at radius 3 is 2.89 bits per heavy atom. The number of hydrogen-bond acceptors (Lipinski definition) is 3. The van der Waals surface area contributed by atoms with Crippen LogP contribution in [0, 0.1) is 0 Å². The van der Waals surface area contributed by atoms with Crippen LogP contribution in [0.15, 0.2) is 18.2 Å². The predicted molar refractivity (Wildman–Crippen MR) is 66.9 cm³/mol. The molecule has 1 aromatic rings. The summed E-state index contributed by atoms with van der Waals surface area (Å²) in [6, 6.07) is 5.72. The fraction of sp³-hybridized carbons (Fsp3) is 0.429. The lowest BCUT2D eigenvalue weighted by Gasteiger charge is -2.27. The molecule has 1 unspecified atom stereocenters. The van der Waals surface area contributed by atoms with E-state index < -0.39 is 0 Å². The van der Waals surface area contributed by atoms with Crippen LogP contribution in [-0.4, -0.2) is 25.3 Å². The van der Waals surface area contributed by atoms with E-state index in [1.807, 2.05) is 18.2 Å². The van der Waals surface area contributed by atoms with Gasteiger partial charge in [-0.2, -0.15) is 0 Å². The molecule has 1 amide bonds. The summed E-state index contributed by atoms with van der Waals surface area (Å²) < 4.78 is 5.37. The van der Waals surface area contributed by atoms with Crippen molar-refractivity contribution < 1.29 is 14.3 Å². The second-order valence-electron chi connectivity index (χ2n) is 4.88. The molecule has 94 valence electrons. The molecule has 1 saturated carbocycles. The van der Waals surface area contributed by atoms with E-state index in [0.717, 1.165) is 24.1 Å². The minimum atomic E-state index is -0.0580. The van der Waals surface area contributed by atoms with E-state index in [-0.39, 0.29) is 18.4 Å². The van der Waals surface area contributed by atoms with Crippen LogP contribution in [0.4, 0.5) is 5.69 Å². The number of likely N-dealkylation sites (N-methyl/N-ethyl adjacent to an activating group) is 1. The van der Waals surface area contributed by atoms with Crippen LogP contribution in [0.1, 0.15) is 30.7 Å². The molecule has 0 spiro atoms. The number of nitrogens with zero attached hydrogens (tertiary/aromatic N) is 1. The fourth-order valence-electron chi connectivity index (χ4n) is 2.67. The van der Waals surface area contributed by atoms with Crippen LogP contribution in [0.25, 0.3) is 0 Å². The van der Waals surface area contributed by atoms with E-state index >= 15 is 0 Å². The van der Waals surface area contributed by atoms with E-state index in [2.05, 4.69) is 0 Å². The Labute approximate surface area is 106 Å². The lowest BCUT2D eigenvalue weighted by Crippen LogP contribution is -2.35. The van der Waals surface area contributed by atoms with Crippen molar-refractivity contribution in [2.24, 2.45) is 0 Å². The Balaban J connectivity index is 1.99. The van der Waals surface area contributed by atoms with Crippen LogP contribution >= 0.6 is 0 Å². The quantitative estimate of drug-likeness (QED) is 0.759. The van der Waals surface area contributed by atoms with Crippen molar-refractivity contribution in [3.63, 3.8) is 0 Å². The maximum absolute atomic E-state index is 11.8. The highest BCUT2D eigenvalue weighted by atomic mass is 16.5. The minimum absolute atomic E-state index is 0.000675. The molecule has 3 rings (SSSR count). The smallest absolute Gasteiger partial charge is 0.264 e. The summed E-state index contributed by atoms with van der Waals surface area (Å²) in [6.45, 7) is 0.0885. The average molecular weight is 245 g/mol. The van der Waals surface area contributed by atoms with E-state index in [1.54, 1.807) is 11.9 Å². The van der Waals surface area contributed by atoms with Crippen molar-refractivity contribution >= 4 is 17.4 Å². The summed E-state index contributed by atoms with van der Waals surface area (Å²) in [7, 11) is 1.74. The molecule has 1 heterocycles. The summed E-state index contributed by atoms with van der Waals surface area (Å²) in [6.07, 6.45) is 2.55. The van der Waals surface area contributed by atoms with Gasteiger partial charge in [0.1, 0.15) is 11.5 Å². The van der Waals surface area contributed by atoms with Gasteiger partial charge in [0.2, 0.25) is 0 Å². The molecule has 0 N–H and O–H groups in total. The second-order valence-corrected chi connectivity index (χ2v) is 4.88. The van der Waals surface area contributed by atoms with E-state index in [9.17, 15) is 9.59 Å². The largest absolute Gasteiger partial charge is 0.482 e. The van der Waals surface area contributed by atoms with Gasteiger partial charge >= 0.3 is 0 Å². The van der Waals surface area contributed by atoms with Gasteiger partial charge in [-0.15, -0.1) is 0 Å². The van der Waals surface area contributed by atoms with Crippen molar-refractivity contribution in [3.8, 4) is 5.75 Å². The maximum atomic E-state index is 11.8. The Bertz CT molecular complexity index is 524. The lowest BCUT2D eigenvalue weighted by atomic mass is 9.96. The molecule has 18 heavy (non-hydrogen) atoms. The third-order valence-corrected chi connectivity index (χ3v) is 3.78. The first-order valence-electron chi connectivity index (χ1n) is 6.23. The van der Waals surface area contributed by atoms with Gasteiger partial charge in [0, 0.05) is 19.4 Å². The van der Waals surface area contributed by atoms with E-state index in [1.165, 1.54) is 0 Å². The predicted octanol–water partition coefficient (Wildman–Crippen LogP) is 1.88. The summed E-state index contributed by atoms with van der Waals surface area (Å²) >= 11 is 0. The lowest BCUT2D eigenvalue weighted by molar-refractivity contribution is -0.121. The molecule has 1 aliphatic carbocycles. The van der Waals surface area contributed by atoms with Crippen molar-refractivity contribution in [3.05, 3.63) is 23.8 Å². The molecule has 0 aromatic heterocycles. The molecule has 1 aliphatic heterocycles. The highest BCUT2D eigenvalue weighted by molar-refractivity contribution is 5.97. The highest BCUT2D eigenvalue weighted by Gasteiger charge is 2.28. The number of Topliss-reactive ketones (excluding diaryl/α,β-unsaturated/α-hetero) is 1. The number of carbonyl (C=O) groups is 2. The molecule has 0 radical (unpaired) electrons. The molecule has 1 fully saturated rings. The van der Waals surface area contributed by atoms with Crippen LogP contribution < -0.4 is 9.64 Å². The summed E-state index contributed by atoms with van der Waals surface area (Å²) in [5.41, 5.74) is 1.77. The fourth-order valence-corrected chi connectivity index (χ4v) is 2.67. The molecule has 1 aromatic carbocycles. The Hall–Kier alpha value is -1.84. The van der Waals surface area contributed by atoms with Crippen molar-refractivity contribution in [1.29, 1.82) is 0 Å². The third kappa shape index (κ3) is 1.68. The first-order valence-corrected chi connectivity index (χ1v) is 6.23. The number of benzene rings is 1. The maximum Gasteiger partial charge on any atom is 0.264 e. The van der Waals surface area contributed by atoms with Gasteiger partial charge in [-0.3, -0.25) is 9.59 Å². The Morgan fingerprint density at radius 2 is 2.17 bits per heavy atom. The normalized spacial score (nSPS) is 22.9. The number of ether oxygens (including phenoxy) is 1. The highest BCUT2D eigenvalue weighted by Crippen LogP contribution is 2.37. The summed E-state index contributed by atoms with van der Waals surface area (Å²) in [5.74, 6) is 0.963. The standard InChI is InChI=1S/C14H15NO3/c1-15-11-7-9(10-3-2-4-12(10)16)5-6-13(11)18-8-14(15)17/h5-7,10H,2-4,8H2,1H3. The van der Waals surface area contributed by atoms with Gasteiger partial charge in [-0.1, -0.05) is 6.07 Å². The van der Waals surface area contributed by atoms with Crippen molar-refractivity contribution in [2.75, 3.05) is 18.6 Å². The number of carbonyl (C=O) groups excluding carboxylic acids is 2. The monoisotopic (exact) mass is 245 g/mol. The molecular weight excluding hydrogens is 230 g/mol. The molecular formula is C14H15NO3. The summed E-state index contributed by atoms with van der Waals surface area (Å²) in [5, 5.41) is 0. The first-order chi connectivity index (χ1) is 8.66. The average Bonchev–Trinajstić information content (AvgIpc) is 2.80. The molecule has 0 saturated heterocycles. The number of hydrogen-bond donors (Lipinski definition) is 0. The van der Waals surface area contributed by atoms with Crippen molar-refractivity contribution in [1.82, 2.24) is 0 Å². The van der Waals surface area contributed by atoms with Crippen LogP contribution in [-0.2, 0) is 9.59 Å². The van der Waals surface area contributed by atoms with Gasteiger partial charge < -0.3 is 9.64 Å². The van der Waals surface area contributed by atoms with Gasteiger partial charge in [0.15, 0.2) is 6.61 Å². The SMILES string of the molecule is CN1C(=O)COc2ccc(C3CCCC3=O)cc21. The number of amides is 1. The van der Waals surface area contributed by atoms with Crippen LogP contribution in [0.5, 0.6) is 5.75 Å². The Morgan fingerprint density at radius 1 is 1.33 bits per heavy atom. The van der Waals surface area contributed by atoms with Gasteiger partial charge in [0.05, 0.1) is 5.69 Å². The Kier molecular flexibility index (Phi) is 2.58. The van der Waals surface area contributed by atoms with Gasteiger partial charge in [-0.05, 0) is 30.5 Å². The zero-order valence-corrected chi connectivity index (χ0v) is 10.3. The third-order valence-electron chi connectivity index (χ3n) is 3.78. The van der Waals surface area contributed by atoms with Crippen molar-refractivity contribution in [2.45, 2.75) is 25.2 Å². The zero-order chi connectivity index (χ0) is 12.7. The van der Waals surface area contributed by atoms with Gasteiger partial charge in [-0.25, -0.2) is 0 Å². The van der Waals surface area contributed by atoms with E-state index in [4.69, 9.17) is 4.74 Å². The van der Waals surface area contributed by atoms with E-state index in [0.29, 0.717) is 18.0 Å². The molecule has 2 aliphatic rings. The number of fused-ring (bicyclic) bond motifs is 1. The number of ketones is 1. The number of anilines is 1. The molecule has 4 nitrogen and oxygen atoms in total.